The fraction of sp³-hybridized carbons (Fsp3) is 0.300. The Bertz CT molecular complexity index is 883. The summed E-state index contributed by atoms with van der Waals surface area (Å²) in [5, 5.41) is 2.92. The predicted molar refractivity (Wildman–Crippen MR) is 96.6 cm³/mol. The highest BCUT2D eigenvalue weighted by molar-refractivity contribution is 5.78. The van der Waals surface area contributed by atoms with Crippen molar-refractivity contribution in [3.05, 3.63) is 59.4 Å². The second kappa shape index (κ2) is 6.59. The van der Waals surface area contributed by atoms with Crippen LogP contribution in [0.15, 0.2) is 42.5 Å². The Morgan fingerprint density at radius 1 is 1.24 bits per heavy atom. The normalized spacial score (nSPS) is 14.3. The number of aromatic nitrogens is 2. The quantitative estimate of drug-likeness (QED) is 0.752. The third kappa shape index (κ3) is 3.36. The van der Waals surface area contributed by atoms with E-state index >= 15 is 0 Å². The number of amides is 1. The highest BCUT2D eigenvalue weighted by atomic mass is 16.5. The van der Waals surface area contributed by atoms with Crippen LogP contribution in [0.2, 0.25) is 0 Å². The number of fused-ring (bicyclic) bond motifs is 2. The van der Waals surface area contributed by atoms with E-state index in [1.165, 1.54) is 17.5 Å². The third-order valence-electron chi connectivity index (χ3n) is 4.64. The minimum atomic E-state index is -0.205. The number of para-hydroxylation sites is 2. The molecule has 3 aromatic rings. The summed E-state index contributed by atoms with van der Waals surface area (Å²) in [6.07, 6.45) is 3.45. The van der Waals surface area contributed by atoms with Crippen LogP contribution in [-0.4, -0.2) is 22.5 Å². The van der Waals surface area contributed by atoms with E-state index in [0.29, 0.717) is 0 Å². The van der Waals surface area contributed by atoms with Crippen molar-refractivity contribution in [1.82, 2.24) is 15.3 Å². The number of imidazole rings is 1. The molecule has 2 N–H and O–H groups in total. The molecule has 1 aliphatic carbocycles. The Kier molecular flexibility index (Phi) is 4.14. The maximum Gasteiger partial charge on any atom is 0.258 e. The third-order valence-corrected chi connectivity index (χ3v) is 4.64. The molecule has 0 bridgehead atoms. The van der Waals surface area contributed by atoms with Gasteiger partial charge in [-0.15, -0.1) is 0 Å². The number of aryl methyl sites for hydroxylation is 2. The number of ether oxygens (including phenoxy) is 1. The average molecular weight is 335 g/mol. The standard InChI is InChI=1S/C20H21N3O2/c1-13(20-22-17-7-2-3-8-18(17)23-20)21-19(24)12-25-16-10-9-14-5-4-6-15(14)11-16/h2-3,7-11,13H,4-6,12H2,1H3,(H,21,24)(H,22,23)/t13-/m0/s1. The topological polar surface area (TPSA) is 67.0 Å². The van der Waals surface area contributed by atoms with Gasteiger partial charge in [-0.1, -0.05) is 18.2 Å². The summed E-state index contributed by atoms with van der Waals surface area (Å²) < 4.78 is 5.65. The fourth-order valence-corrected chi connectivity index (χ4v) is 3.32. The molecule has 5 heteroatoms. The van der Waals surface area contributed by atoms with Gasteiger partial charge in [0.25, 0.3) is 5.91 Å². The Balaban J connectivity index is 1.35. The van der Waals surface area contributed by atoms with Crippen LogP contribution in [-0.2, 0) is 17.6 Å². The molecule has 1 aromatic heterocycles. The van der Waals surface area contributed by atoms with E-state index in [2.05, 4.69) is 27.4 Å². The van der Waals surface area contributed by atoms with Crippen LogP contribution in [0.5, 0.6) is 5.75 Å². The molecule has 0 saturated carbocycles. The second-order valence-electron chi connectivity index (χ2n) is 6.50. The van der Waals surface area contributed by atoms with Gasteiger partial charge in [-0.3, -0.25) is 4.79 Å². The van der Waals surface area contributed by atoms with E-state index in [1.807, 2.05) is 37.3 Å². The molecule has 0 saturated heterocycles. The number of H-pyrrole nitrogens is 1. The highest BCUT2D eigenvalue weighted by Gasteiger charge is 2.15. The van der Waals surface area contributed by atoms with Crippen molar-refractivity contribution in [3.8, 4) is 5.75 Å². The largest absolute Gasteiger partial charge is 0.484 e. The van der Waals surface area contributed by atoms with Gasteiger partial charge in [0.05, 0.1) is 17.1 Å². The van der Waals surface area contributed by atoms with Crippen molar-refractivity contribution >= 4 is 16.9 Å². The zero-order chi connectivity index (χ0) is 17.2. The Labute approximate surface area is 146 Å². The molecule has 4 rings (SSSR count). The molecule has 1 amide bonds. The minimum absolute atomic E-state index is 0.00333. The summed E-state index contributed by atoms with van der Waals surface area (Å²) in [6, 6.07) is 13.7. The van der Waals surface area contributed by atoms with Crippen LogP contribution in [0.1, 0.15) is 36.3 Å². The molecular weight excluding hydrogens is 314 g/mol. The first kappa shape index (κ1) is 15.7. The Hall–Kier alpha value is -2.82. The van der Waals surface area contributed by atoms with Crippen molar-refractivity contribution in [2.75, 3.05) is 6.61 Å². The maximum absolute atomic E-state index is 12.2. The van der Waals surface area contributed by atoms with Gasteiger partial charge in [0, 0.05) is 0 Å². The number of nitrogens with one attached hydrogen (secondary N) is 2. The van der Waals surface area contributed by atoms with Gasteiger partial charge in [0.2, 0.25) is 0 Å². The molecule has 0 fully saturated rings. The molecule has 1 aliphatic rings. The van der Waals surface area contributed by atoms with Gasteiger partial charge in [0.15, 0.2) is 6.61 Å². The van der Waals surface area contributed by atoms with Crippen LogP contribution in [0.3, 0.4) is 0 Å². The van der Waals surface area contributed by atoms with Gasteiger partial charge < -0.3 is 15.0 Å². The number of benzene rings is 2. The first-order chi connectivity index (χ1) is 12.2. The van der Waals surface area contributed by atoms with E-state index in [1.54, 1.807) is 0 Å². The lowest BCUT2D eigenvalue weighted by molar-refractivity contribution is -0.123. The maximum atomic E-state index is 12.2. The van der Waals surface area contributed by atoms with Crippen molar-refractivity contribution in [1.29, 1.82) is 0 Å². The Morgan fingerprint density at radius 2 is 2.08 bits per heavy atom. The molecule has 1 atom stereocenters. The number of carbonyl (C=O) groups excluding carboxylic acids is 1. The first-order valence-electron chi connectivity index (χ1n) is 8.67. The van der Waals surface area contributed by atoms with Gasteiger partial charge in [-0.05, 0) is 61.6 Å². The van der Waals surface area contributed by atoms with Crippen molar-refractivity contribution in [2.45, 2.75) is 32.2 Å². The van der Waals surface area contributed by atoms with Crippen molar-refractivity contribution < 1.29 is 9.53 Å². The van der Waals surface area contributed by atoms with E-state index in [4.69, 9.17) is 4.74 Å². The van der Waals surface area contributed by atoms with Crippen LogP contribution >= 0.6 is 0 Å². The molecule has 2 aromatic carbocycles. The summed E-state index contributed by atoms with van der Waals surface area (Å²) in [5.74, 6) is 1.34. The Morgan fingerprint density at radius 3 is 2.96 bits per heavy atom. The monoisotopic (exact) mass is 335 g/mol. The average Bonchev–Trinajstić information content (AvgIpc) is 3.25. The van der Waals surface area contributed by atoms with Gasteiger partial charge in [-0.25, -0.2) is 4.98 Å². The summed E-state index contributed by atoms with van der Waals surface area (Å²) in [4.78, 5) is 19.9. The SMILES string of the molecule is C[C@H](NC(=O)COc1ccc2c(c1)CCC2)c1nc2ccccc2[nH]1. The van der Waals surface area contributed by atoms with E-state index in [-0.39, 0.29) is 18.6 Å². The number of rotatable bonds is 5. The predicted octanol–water partition coefficient (Wildman–Crippen LogP) is 3.31. The number of carbonyl (C=O) groups is 1. The zero-order valence-electron chi connectivity index (χ0n) is 14.2. The van der Waals surface area contributed by atoms with Crippen molar-refractivity contribution in [2.24, 2.45) is 0 Å². The lowest BCUT2D eigenvalue weighted by Crippen LogP contribution is -2.31. The van der Waals surface area contributed by atoms with Crippen LogP contribution in [0, 0.1) is 0 Å². The summed E-state index contributed by atoms with van der Waals surface area (Å²) in [6.45, 7) is 1.91. The molecule has 1 heterocycles. The van der Waals surface area contributed by atoms with Gasteiger partial charge >= 0.3 is 0 Å². The molecular formula is C20H21N3O2. The van der Waals surface area contributed by atoms with Gasteiger partial charge in [0.1, 0.15) is 11.6 Å². The van der Waals surface area contributed by atoms with Crippen LogP contribution in [0.25, 0.3) is 11.0 Å². The lowest BCUT2D eigenvalue weighted by atomic mass is 10.1. The highest BCUT2D eigenvalue weighted by Crippen LogP contribution is 2.26. The molecule has 0 radical (unpaired) electrons. The molecule has 0 unspecified atom stereocenters. The minimum Gasteiger partial charge on any atom is -0.484 e. The molecule has 0 aliphatic heterocycles. The summed E-state index contributed by atoms with van der Waals surface area (Å²) >= 11 is 0. The zero-order valence-corrected chi connectivity index (χ0v) is 14.2. The van der Waals surface area contributed by atoms with Crippen molar-refractivity contribution in [3.63, 3.8) is 0 Å². The number of aromatic amines is 1. The number of hydrogen-bond donors (Lipinski definition) is 2. The van der Waals surface area contributed by atoms with E-state index in [9.17, 15) is 4.79 Å². The molecule has 128 valence electrons. The molecule has 5 nitrogen and oxygen atoms in total. The lowest BCUT2D eigenvalue weighted by Gasteiger charge is -2.12. The van der Waals surface area contributed by atoms with Gasteiger partial charge in [-0.2, -0.15) is 0 Å². The smallest absolute Gasteiger partial charge is 0.258 e. The second-order valence-corrected chi connectivity index (χ2v) is 6.50. The molecule has 0 spiro atoms. The van der Waals surface area contributed by atoms with E-state index in [0.717, 1.165) is 35.4 Å². The van der Waals surface area contributed by atoms with Crippen LogP contribution in [0.4, 0.5) is 0 Å². The first-order valence-corrected chi connectivity index (χ1v) is 8.67. The summed E-state index contributed by atoms with van der Waals surface area (Å²) in [7, 11) is 0. The fourth-order valence-electron chi connectivity index (χ4n) is 3.32. The van der Waals surface area contributed by atoms with E-state index < -0.39 is 0 Å². The summed E-state index contributed by atoms with van der Waals surface area (Å²) in [5.41, 5.74) is 4.60. The molecule has 25 heavy (non-hydrogen) atoms. The number of hydrogen-bond acceptors (Lipinski definition) is 3. The number of nitrogens with zero attached hydrogens (tertiary/aromatic N) is 1. The van der Waals surface area contributed by atoms with Crippen LogP contribution < -0.4 is 10.1 Å².